The summed E-state index contributed by atoms with van der Waals surface area (Å²) in [5.41, 5.74) is 0.858. The quantitative estimate of drug-likeness (QED) is 0.128. The topological polar surface area (TPSA) is 122 Å². The maximum atomic E-state index is 12.8. The molecule has 0 aliphatic heterocycles. The number of anilines is 1. The molecule has 1 amide bonds. The number of aryl methyl sites for hydroxylation is 1. The van der Waals surface area contributed by atoms with Crippen molar-refractivity contribution >= 4 is 51.7 Å². The van der Waals surface area contributed by atoms with E-state index in [1.807, 2.05) is 43.3 Å². The minimum atomic E-state index is -0.732. The van der Waals surface area contributed by atoms with Crippen LogP contribution in [0.5, 0.6) is 0 Å². The van der Waals surface area contributed by atoms with Gasteiger partial charge in [0.05, 0.1) is 22.0 Å². The molecule has 1 heterocycles. The highest BCUT2D eigenvalue weighted by Crippen LogP contribution is 2.36. The molecular formula is C25H21N3O5S2. The van der Waals surface area contributed by atoms with Gasteiger partial charge in [-0.05, 0) is 56.2 Å². The van der Waals surface area contributed by atoms with E-state index in [1.54, 1.807) is 26.0 Å². The normalized spacial score (nSPS) is 11.0. The molecule has 0 spiro atoms. The van der Waals surface area contributed by atoms with E-state index in [2.05, 4.69) is 5.32 Å². The van der Waals surface area contributed by atoms with Crippen molar-refractivity contribution in [1.29, 1.82) is 5.26 Å². The van der Waals surface area contributed by atoms with E-state index in [0.29, 0.717) is 16.0 Å². The summed E-state index contributed by atoms with van der Waals surface area (Å²) in [4.78, 5) is 38.5. The van der Waals surface area contributed by atoms with Crippen molar-refractivity contribution in [3.8, 4) is 6.07 Å². The molecule has 3 rings (SSSR count). The molecule has 0 unspecified atom stereocenters. The third-order valence-corrected chi connectivity index (χ3v) is 7.11. The Bertz CT molecular complexity index is 1360. The molecule has 0 bridgehead atoms. The van der Waals surface area contributed by atoms with Gasteiger partial charge in [0.2, 0.25) is 0 Å². The lowest BCUT2D eigenvalue weighted by Gasteiger charge is -2.07. The van der Waals surface area contributed by atoms with Crippen molar-refractivity contribution in [1.82, 2.24) is 0 Å². The van der Waals surface area contributed by atoms with Crippen LogP contribution in [-0.4, -0.2) is 23.4 Å². The Morgan fingerprint density at radius 1 is 1.23 bits per heavy atom. The van der Waals surface area contributed by atoms with E-state index < -0.39 is 16.8 Å². The Morgan fingerprint density at radius 3 is 2.57 bits per heavy atom. The lowest BCUT2D eigenvalue weighted by Crippen LogP contribution is -2.16. The standard InChI is InChI=1S/C25H21N3O5S2/c1-4-33-25(30)22-15(2)16(3)34-24(22)27-23(29)18(14-26)12-17-10-11-21(20(13-17)28(31)32)35-19-8-6-5-7-9-19/h5-13H,4H2,1-3H3,(H,27,29)/b18-12-. The first-order chi connectivity index (χ1) is 16.7. The van der Waals surface area contributed by atoms with Crippen LogP contribution < -0.4 is 5.32 Å². The van der Waals surface area contributed by atoms with E-state index in [4.69, 9.17) is 4.74 Å². The fraction of sp³-hybridized carbons (Fsp3) is 0.160. The summed E-state index contributed by atoms with van der Waals surface area (Å²) in [6.07, 6.45) is 1.27. The molecule has 8 nitrogen and oxygen atoms in total. The second-order valence-corrected chi connectivity index (χ2v) is 9.57. The minimum Gasteiger partial charge on any atom is -0.462 e. The molecule has 35 heavy (non-hydrogen) atoms. The molecule has 0 aliphatic rings. The summed E-state index contributed by atoms with van der Waals surface area (Å²) in [6.45, 7) is 5.43. The minimum absolute atomic E-state index is 0.139. The zero-order valence-electron chi connectivity index (χ0n) is 19.2. The highest BCUT2D eigenvalue weighted by molar-refractivity contribution is 7.99. The monoisotopic (exact) mass is 507 g/mol. The summed E-state index contributed by atoms with van der Waals surface area (Å²) in [5.74, 6) is -1.29. The molecule has 1 aromatic heterocycles. The Hall–Kier alpha value is -3.94. The van der Waals surface area contributed by atoms with Gasteiger partial charge in [-0.25, -0.2) is 4.79 Å². The molecule has 10 heteroatoms. The number of thiophene rings is 1. The van der Waals surface area contributed by atoms with Gasteiger partial charge < -0.3 is 10.1 Å². The Balaban J connectivity index is 1.90. The number of nitro benzene ring substituents is 1. The summed E-state index contributed by atoms with van der Waals surface area (Å²) in [6, 6.07) is 15.6. The highest BCUT2D eigenvalue weighted by atomic mass is 32.2. The molecular weight excluding hydrogens is 486 g/mol. The number of nitrogens with zero attached hydrogens (tertiary/aromatic N) is 2. The number of ether oxygens (including phenoxy) is 1. The number of carbonyl (C=O) groups is 2. The average Bonchev–Trinajstić information content (AvgIpc) is 3.11. The predicted molar refractivity (Wildman–Crippen MR) is 136 cm³/mol. The fourth-order valence-corrected chi connectivity index (χ4v) is 5.08. The maximum Gasteiger partial charge on any atom is 0.341 e. The van der Waals surface area contributed by atoms with Gasteiger partial charge in [0.15, 0.2) is 0 Å². The first kappa shape index (κ1) is 25.7. The van der Waals surface area contributed by atoms with Gasteiger partial charge in [0, 0.05) is 15.8 Å². The van der Waals surface area contributed by atoms with Crippen LogP contribution in [0.25, 0.3) is 6.08 Å². The number of esters is 1. The Labute approximate surface area is 210 Å². The van der Waals surface area contributed by atoms with E-state index in [-0.39, 0.29) is 28.4 Å². The number of benzene rings is 2. The lowest BCUT2D eigenvalue weighted by molar-refractivity contribution is -0.387. The SMILES string of the molecule is CCOC(=O)c1c(NC(=O)/C(C#N)=C\c2ccc(Sc3ccccc3)c([N+](=O)[O-])c2)sc(C)c1C. The molecule has 0 aliphatic carbocycles. The van der Waals surface area contributed by atoms with Crippen LogP contribution in [0.2, 0.25) is 0 Å². The molecule has 0 fully saturated rings. The predicted octanol–water partition coefficient (Wildman–Crippen LogP) is 6.15. The largest absolute Gasteiger partial charge is 0.462 e. The van der Waals surface area contributed by atoms with Crippen LogP contribution in [0.4, 0.5) is 10.7 Å². The molecule has 0 saturated heterocycles. The molecule has 1 N–H and O–H groups in total. The van der Waals surface area contributed by atoms with Crippen molar-refractivity contribution in [2.45, 2.75) is 30.6 Å². The first-order valence-electron chi connectivity index (χ1n) is 10.5. The highest BCUT2D eigenvalue weighted by Gasteiger charge is 2.23. The molecule has 2 aromatic carbocycles. The number of rotatable bonds is 8. The third kappa shape index (κ3) is 6.15. The Kier molecular flexibility index (Phi) is 8.41. The van der Waals surface area contributed by atoms with Crippen LogP contribution >= 0.6 is 23.1 Å². The van der Waals surface area contributed by atoms with Crippen molar-refractivity contribution < 1.29 is 19.2 Å². The Morgan fingerprint density at radius 2 is 1.94 bits per heavy atom. The van der Waals surface area contributed by atoms with E-state index in [0.717, 1.165) is 9.77 Å². The number of hydrogen-bond acceptors (Lipinski definition) is 8. The summed E-state index contributed by atoms with van der Waals surface area (Å²) < 4.78 is 5.09. The van der Waals surface area contributed by atoms with Crippen molar-refractivity contribution in [3.05, 3.63) is 85.8 Å². The van der Waals surface area contributed by atoms with Gasteiger partial charge in [0.1, 0.15) is 16.6 Å². The summed E-state index contributed by atoms with van der Waals surface area (Å²) >= 11 is 2.45. The van der Waals surface area contributed by atoms with Gasteiger partial charge in [0.25, 0.3) is 11.6 Å². The first-order valence-corrected chi connectivity index (χ1v) is 12.1. The summed E-state index contributed by atoms with van der Waals surface area (Å²) in [5, 5.41) is 24.1. The third-order valence-electron chi connectivity index (χ3n) is 4.92. The molecule has 0 saturated carbocycles. The summed E-state index contributed by atoms with van der Waals surface area (Å²) in [7, 11) is 0. The fourth-order valence-electron chi connectivity index (χ4n) is 3.12. The van der Waals surface area contributed by atoms with E-state index >= 15 is 0 Å². The second-order valence-electron chi connectivity index (χ2n) is 7.23. The van der Waals surface area contributed by atoms with Crippen LogP contribution in [0.3, 0.4) is 0 Å². The van der Waals surface area contributed by atoms with Gasteiger partial charge in [-0.1, -0.05) is 36.0 Å². The van der Waals surface area contributed by atoms with Gasteiger partial charge >= 0.3 is 5.97 Å². The van der Waals surface area contributed by atoms with Gasteiger partial charge in [-0.2, -0.15) is 5.26 Å². The zero-order chi connectivity index (χ0) is 25.5. The molecule has 0 atom stereocenters. The van der Waals surface area contributed by atoms with E-state index in [1.165, 1.54) is 35.2 Å². The number of hydrogen-bond donors (Lipinski definition) is 1. The van der Waals surface area contributed by atoms with Crippen LogP contribution in [0.1, 0.15) is 33.3 Å². The van der Waals surface area contributed by atoms with Gasteiger partial charge in [-0.3, -0.25) is 14.9 Å². The number of carbonyl (C=O) groups excluding carboxylic acids is 2. The van der Waals surface area contributed by atoms with Crippen molar-refractivity contribution in [2.24, 2.45) is 0 Å². The van der Waals surface area contributed by atoms with Crippen LogP contribution in [0.15, 0.2) is 63.9 Å². The molecule has 3 aromatic rings. The smallest absolute Gasteiger partial charge is 0.341 e. The van der Waals surface area contributed by atoms with Gasteiger partial charge in [-0.15, -0.1) is 11.3 Å². The lowest BCUT2D eigenvalue weighted by atomic mass is 10.1. The number of nitriles is 1. The molecule has 0 radical (unpaired) electrons. The maximum absolute atomic E-state index is 12.8. The zero-order valence-corrected chi connectivity index (χ0v) is 20.8. The number of nitrogens with one attached hydrogen (secondary N) is 1. The van der Waals surface area contributed by atoms with Crippen LogP contribution in [0, 0.1) is 35.3 Å². The number of amides is 1. The number of nitro groups is 1. The van der Waals surface area contributed by atoms with Crippen LogP contribution in [-0.2, 0) is 9.53 Å². The van der Waals surface area contributed by atoms with Crippen molar-refractivity contribution in [3.63, 3.8) is 0 Å². The second kappa shape index (κ2) is 11.5. The van der Waals surface area contributed by atoms with Crippen molar-refractivity contribution in [2.75, 3.05) is 11.9 Å². The van der Waals surface area contributed by atoms with E-state index in [9.17, 15) is 25.0 Å². The average molecular weight is 508 g/mol. The molecule has 178 valence electrons.